The quantitative estimate of drug-likeness (QED) is 0.685. The smallest absolute Gasteiger partial charge is 0.176 e. The van der Waals surface area contributed by atoms with Gasteiger partial charge in [-0.15, -0.1) is 0 Å². The Hall–Kier alpha value is -2.95. The van der Waals surface area contributed by atoms with E-state index in [-0.39, 0.29) is 11.5 Å². The average Bonchev–Trinajstić information content (AvgIpc) is 2.81. The first-order valence-electron chi connectivity index (χ1n) is 6.87. The van der Waals surface area contributed by atoms with E-state index in [4.69, 9.17) is 4.74 Å². The zero-order valence-corrected chi connectivity index (χ0v) is 12.3. The van der Waals surface area contributed by atoms with E-state index < -0.39 is 0 Å². The van der Waals surface area contributed by atoms with E-state index in [0.29, 0.717) is 28.3 Å². The van der Waals surface area contributed by atoms with Crippen LogP contribution in [0.2, 0.25) is 0 Å². The van der Waals surface area contributed by atoms with Gasteiger partial charge in [0.15, 0.2) is 5.75 Å². The van der Waals surface area contributed by atoms with Crippen molar-refractivity contribution in [3.63, 3.8) is 0 Å². The molecule has 0 aliphatic heterocycles. The van der Waals surface area contributed by atoms with Gasteiger partial charge >= 0.3 is 0 Å². The Morgan fingerprint density at radius 1 is 1.05 bits per heavy atom. The second-order valence-corrected chi connectivity index (χ2v) is 5.10. The largest absolute Gasteiger partial charge is 0.508 e. The van der Waals surface area contributed by atoms with Gasteiger partial charge in [-0.3, -0.25) is 5.10 Å². The van der Waals surface area contributed by atoms with Crippen molar-refractivity contribution in [2.24, 2.45) is 0 Å². The minimum atomic E-state index is -0.0399. The molecule has 0 unspecified atom stereocenters. The fraction of sp³-hybridized carbons (Fsp3) is 0.118. The molecule has 3 N–H and O–H groups in total. The molecular weight excluding hydrogens is 280 g/mol. The maximum absolute atomic E-state index is 10.2. The van der Waals surface area contributed by atoms with E-state index >= 15 is 0 Å². The van der Waals surface area contributed by atoms with Gasteiger partial charge in [-0.05, 0) is 37.6 Å². The van der Waals surface area contributed by atoms with Crippen LogP contribution >= 0.6 is 0 Å². The summed E-state index contributed by atoms with van der Waals surface area (Å²) < 4.78 is 5.91. The lowest BCUT2D eigenvalue weighted by molar-refractivity contribution is 0.450. The Morgan fingerprint density at radius 2 is 1.77 bits per heavy atom. The third-order valence-electron chi connectivity index (χ3n) is 3.39. The molecule has 3 aromatic rings. The van der Waals surface area contributed by atoms with Crippen LogP contribution in [0.15, 0.2) is 42.5 Å². The van der Waals surface area contributed by atoms with E-state index in [9.17, 15) is 10.2 Å². The van der Waals surface area contributed by atoms with Gasteiger partial charge in [0, 0.05) is 6.07 Å². The number of benzene rings is 2. The summed E-state index contributed by atoms with van der Waals surface area (Å²) >= 11 is 0. The molecule has 112 valence electrons. The van der Waals surface area contributed by atoms with E-state index in [1.807, 2.05) is 37.3 Å². The highest BCUT2D eigenvalue weighted by Gasteiger charge is 2.20. The molecule has 5 nitrogen and oxygen atoms in total. The SMILES string of the molecule is Cc1cc(O)cc(O)c1-c1n[nH]c(C)c1Oc1ccccc1. The topological polar surface area (TPSA) is 78.4 Å². The molecule has 0 fully saturated rings. The lowest BCUT2D eigenvalue weighted by Crippen LogP contribution is -1.90. The van der Waals surface area contributed by atoms with E-state index in [0.717, 1.165) is 5.69 Å². The van der Waals surface area contributed by atoms with Crippen LogP contribution in [0.5, 0.6) is 23.0 Å². The van der Waals surface area contributed by atoms with Crippen molar-refractivity contribution in [3.8, 4) is 34.3 Å². The van der Waals surface area contributed by atoms with Gasteiger partial charge in [-0.2, -0.15) is 5.10 Å². The maximum atomic E-state index is 10.2. The fourth-order valence-electron chi connectivity index (χ4n) is 2.38. The van der Waals surface area contributed by atoms with Gasteiger partial charge in [0.25, 0.3) is 0 Å². The second-order valence-electron chi connectivity index (χ2n) is 5.10. The molecule has 0 bridgehead atoms. The number of phenolic OH excluding ortho intramolecular Hbond substituents is 2. The first-order valence-corrected chi connectivity index (χ1v) is 6.87. The molecular formula is C17H16N2O3. The average molecular weight is 296 g/mol. The summed E-state index contributed by atoms with van der Waals surface area (Å²) in [6, 6.07) is 12.2. The molecule has 0 atom stereocenters. The van der Waals surface area contributed by atoms with Gasteiger partial charge in [0.2, 0.25) is 0 Å². The van der Waals surface area contributed by atoms with Crippen molar-refractivity contribution in [1.82, 2.24) is 10.2 Å². The molecule has 0 aliphatic carbocycles. The van der Waals surface area contributed by atoms with Crippen LogP contribution in [0, 0.1) is 13.8 Å². The number of phenols is 2. The fourth-order valence-corrected chi connectivity index (χ4v) is 2.38. The van der Waals surface area contributed by atoms with Crippen molar-refractivity contribution in [1.29, 1.82) is 0 Å². The predicted octanol–water partition coefficient (Wildman–Crippen LogP) is 3.90. The molecule has 1 heterocycles. The summed E-state index contributed by atoms with van der Waals surface area (Å²) in [5.74, 6) is 1.21. The number of hydrogen-bond donors (Lipinski definition) is 3. The summed E-state index contributed by atoms with van der Waals surface area (Å²) in [6.07, 6.45) is 0. The van der Waals surface area contributed by atoms with Crippen molar-refractivity contribution in [2.75, 3.05) is 0 Å². The molecule has 5 heteroatoms. The van der Waals surface area contributed by atoms with Gasteiger partial charge in [-0.25, -0.2) is 0 Å². The van der Waals surface area contributed by atoms with E-state index in [1.54, 1.807) is 13.0 Å². The number of aromatic nitrogens is 2. The van der Waals surface area contributed by atoms with Crippen LogP contribution in [0.25, 0.3) is 11.3 Å². The van der Waals surface area contributed by atoms with Gasteiger partial charge in [0.05, 0.1) is 11.3 Å². The highest BCUT2D eigenvalue weighted by Crippen LogP contribution is 2.41. The molecule has 0 aliphatic rings. The first kappa shape index (κ1) is 14.0. The van der Waals surface area contributed by atoms with E-state index in [1.165, 1.54) is 6.07 Å². The highest BCUT2D eigenvalue weighted by molar-refractivity contribution is 5.77. The molecule has 0 amide bonds. The number of rotatable bonds is 3. The van der Waals surface area contributed by atoms with Crippen LogP contribution in [0.3, 0.4) is 0 Å². The monoisotopic (exact) mass is 296 g/mol. The highest BCUT2D eigenvalue weighted by atomic mass is 16.5. The summed E-state index contributed by atoms with van der Waals surface area (Å²) in [4.78, 5) is 0. The Labute approximate surface area is 127 Å². The van der Waals surface area contributed by atoms with Crippen LogP contribution < -0.4 is 4.74 Å². The molecule has 0 spiro atoms. The molecule has 1 aromatic heterocycles. The standard InChI is InChI=1S/C17H16N2O3/c1-10-8-12(20)9-14(21)15(10)16-17(11(2)18-19-16)22-13-6-4-3-5-7-13/h3-9,20-21H,1-2H3,(H,18,19). The molecule has 2 aromatic carbocycles. The third kappa shape index (κ3) is 2.48. The number of hydrogen-bond acceptors (Lipinski definition) is 4. The summed E-state index contributed by atoms with van der Waals surface area (Å²) in [5.41, 5.74) is 2.51. The Balaban J connectivity index is 2.10. The minimum Gasteiger partial charge on any atom is -0.508 e. The molecule has 0 radical (unpaired) electrons. The Kier molecular flexibility index (Phi) is 3.47. The zero-order valence-electron chi connectivity index (χ0n) is 12.3. The van der Waals surface area contributed by atoms with Crippen molar-refractivity contribution in [3.05, 3.63) is 53.7 Å². The molecule has 3 rings (SSSR count). The van der Waals surface area contributed by atoms with Crippen LogP contribution in [-0.2, 0) is 0 Å². The Bertz CT molecular complexity index is 787. The minimum absolute atomic E-state index is 0.0107. The predicted molar refractivity (Wildman–Crippen MR) is 83.3 cm³/mol. The van der Waals surface area contributed by atoms with Crippen LogP contribution in [0.4, 0.5) is 0 Å². The van der Waals surface area contributed by atoms with Crippen molar-refractivity contribution < 1.29 is 14.9 Å². The van der Waals surface area contributed by atoms with Crippen LogP contribution in [0.1, 0.15) is 11.3 Å². The van der Waals surface area contributed by atoms with E-state index in [2.05, 4.69) is 10.2 Å². The number of aromatic hydroxyl groups is 2. The third-order valence-corrected chi connectivity index (χ3v) is 3.39. The van der Waals surface area contributed by atoms with Crippen molar-refractivity contribution in [2.45, 2.75) is 13.8 Å². The summed E-state index contributed by atoms with van der Waals surface area (Å²) in [6.45, 7) is 3.65. The van der Waals surface area contributed by atoms with Gasteiger partial charge < -0.3 is 14.9 Å². The first-order chi connectivity index (χ1) is 10.6. The number of nitrogens with one attached hydrogen (secondary N) is 1. The number of ether oxygens (including phenoxy) is 1. The van der Waals surface area contributed by atoms with Crippen LogP contribution in [-0.4, -0.2) is 20.4 Å². The van der Waals surface area contributed by atoms with Crippen molar-refractivity contribution >= 4 is 0 Å². The Morgan fingerprint density at radius 3 is 2.45 bits per heavy atom. The number of para-hydroxylation sites is 1. The van der Waals surface area contributed by atoms with Gasteiger partial charge in [-0.1, -0.05) is 18.2 Å². The maximum Gasteiger partial charge on any atom is 0.176 e. The number of aryl methyl sites for hydroxylation is 2. The number of H-pyrrole nitrogens is 1. The lowest BCUT2D eigenvalue weighted by atomic mass is 10.0. The normalized spacial score (nSPS) is 10.6. The molecule has 0 saturated heterocycles. The van der Waals surface area contributed by atoms with Gasteiger partial charge in [0.1, 0.15) is 22.9 Å². The molecule has 22 heavy (non-hydrogen) atoms. The molecule has 0 saturated carbocycles. The second kappa shape index (κ2) is 5.44. The summed E-state index contributed by atoms with van der Waals surface area (Å²) in [7, 11) is 0. The summed E-state index contributed by atoms with van der Waals surface area (Å²) in [5, 5.41) is 26.8. The number of aromatic amines is 1. The number of nitrogens with zero attached hydrogens (tertiary/aromatic N) is 1. The zero-order chi connectivity index (χ0) is 15.7. The lowest BCUT2D eigenvalue weighted by Gasteiger charge is -2.10.